The summed E-state index contributed by atoms with van der Waals surface area (Å²) >= 11 is 0.998. The van der Waals surface area contributed by atoms with Crippen molar-refractivity contribution in [3.63, 3.8) is 0 Å². The highest BCUT2D eigenvalue weighted by molar-refractivity contribution is 7.91. The van der Waals surface area contributed by atoms with E-state index in [-0.39, 0.29) is 4.34 Å². The van der Waals surface area contributed by atoms with Crippen molar-refractivity contribution in [3.8, 4) is 0 Å². The van der Waals surface area contributed by atoms with Crippen molar-refractivity contribution < 1.29 is 8.42 Å². The second kappa shape index (κ2) is 4.82. The Morgan fingerprint density at radius 3 is 2.67 bits per heavy atom. The second-order valence-electron chi connectivity index (χ2n) is 3.18. The van der Waals surface area contributed by atoms with Crippen LogP contribution in [0.4, 0.5) is 0 Å². The van der Waals surface area contributed by atoms with Gasteiger partial charge in [-0.1, -0.05) is 36.8 Å². The van der Waals surface area contributed by atoms with Gasteiger partial charge in [-0.2, -0.15) is 0 Å². The van der Waals surface area contributed by atoms with Crippen LogP contribution in [0.3, 0.4) is 0 Å². The Morgan fingerprint density at radius 2 is 2.20 bits per heavy atom. The van der Waals surface area contributed by atoms with Crippen molar-refractivity contribution in [1.82, 2.24) is 10.2 Å². The first-order valence-electron chi connectivity index (χ1n) is 4.45. The van der Waals surface area contributed by atoms with Gasteiger partial charge in [0.05, 0.1) is 0 Å². The van der Waals surface area contributed by atoms with Crippen LogP contribution in [-0.2, 0) is 16.4 Å². The summed E-state index contributed by atoms with van der Waals surface area (Å²) < 4.78 is 21.7. The minimum atomic E-state index is -3.71. The summed E-state index contributed by atoms with van der Waals surface area (Å²) in [6.07, 6.45) is 2.49. The molecule has 1 rings (SSSR count). The van der Waals surface area contributed by atoms with Crippen LogP contribution in [-0.4, -0.2) is 18.6 Å². The number of hydrogen-bond donors (Lipinski definition) is 1. The largest absolute Gasteiger partial charge is 0.267 e. The van der Waals surface area contributed by atoms with Crippen LogP contribution < -0.4 is 5.14 Å². The van der Waals surface area contributed by atoms with Crippen molar-refractivity contribution in [2.45, 2.75) is 30.5 Å². The Morgan fingerprint density at radius 1 is 1.53 bits per heavy atom. The molecule has 1 aromatic rings. The smallest absolute Gasteiger partial charge is 0.223 e. The molecule has 2 N–H and O–H groups in total. The Hall–Kier alpha value is -0.790. The Kier molecular flexibility index (Phi) is 3.95. The van der Waals surface area contributed by atoms with Gasteiger partial charge in [0, 0.05) is 6.42 Å². The van der Waals surface area contributed by atoms with Crippen LogP contribution in [0.2, 0.25) is 0 Å². The summed E-state index contributed by atoms with van der Waals surface area (Å²) in [6.45, 7) is 5.93. The summed E-state index contributed by atoms with van der Waals surface area (Å²) in [7, 11) is -3.71. The van der Waals surface area contributed by atoms with Gasteiger partial charge in [0.1, 0.15) is 5.01 Å². The van der Waals surface area contributed by atoms with E-state index in [1.807, 2.05) is 0 Å². The molecule has 1 aromatic heterocycles. The summed E-state index contributed by atoms with van der Waals surface area (Å²) in [5.41, 5.74) is 1.02. The highest BCUT2D eigenvalue weighted by atomic mass is 32.2. The number of primary sulfonamides is 1. The zero-order valence-corrected chi connectivity index (χ0v) is 10.1. The van der Waals surface area contributed by atoms with Crippen molar-refractivity contribution in [1.29, 1.82) is 0 Å². The maximum absolute atomic E-state index is 10.9. The number of allylic oxidation sites excluding steroid dienone is 1. The van der Waals surface area contributed by atoms with Gasteiger partial charge in [0.2, 0.25) is 4.34 Å². The molecule has 0 bridgehead atoms. The first-order chi connectivity index (χ1) is 6.93. The van der Waals surface area contributed by atoms with Crippen LogP contribution in [0.15, 0.2) is 16.5 Å². The molecule has 15 heavy (non-hydrogen) atoms. The molecule has 0 saturated heterocycles. The van der Waals surface area contributed by atoms with Crippen molar-refractivity contribution in [2.24, 2.45) is 5.14 Å². The van der Waals surface area contributed by atoms with E-state index in [0.717, 1.165) is 29.8 Å². The molecular weight excluding hydrogens is 234 g/mol. The van der Waals surface area contributed by atoms with Crippen LogP contribution in [0.1, 0.15) is 24.8 Å². The number of aromatic nitrogens is 2. The number of nitrogens with zero attached hydrogens (tertiary/aromatic N) is 2. The fourth-order valence-corrected chi connectivity index (χ4v) is 2.63. The standard InChI is InChI=1S/C8H13N3O2S2/c1-3-4-6(2)5-7-10-11-8(14-7)15(9,12)13/h2-5H2,1H3,(H2,9,12,13). The predicted octanol–water partition coefficient (Wildman–Crippen LogP) is 1.08. The van der Waals surface area contributed by atoms with Crippen LogP contribution in [0, 0.1) is 0 Å². The topological polar surface area (TPSA) is 85.9 Å². The lowest BCUT2D eigenvalue weighted by Gasteiger charge is -1.98. The van der Waals surface area contributed by atoms with Gasteiger partial charge >= 0.3 is 0 Å². The summed E-state index contributed by atoms with van der Waals surface area (Å²) in [4.78, 5) is 0. The van der Waals surface area contributed by atoms with E-state index >= 15 is 0 Å². The Balaban J connectivity index is 2.73. The van der Waals surface area contributed by atoms with Gasteiger partial charge in [-0.05, 0) is 6.42 Å². The predicted molar refractivity (Wildman–Crippen MR) is 59.0 cm³/mol. The molecule has 0 aliphatic carbocycles. The molecule has 7 heteroatoms. The third-order valence-corrected chi connectivity index (χ3v) is 3.93. The number of rotatable bonds is 5. The highest BCUT2D eigenvalue weighted by Gasteiger charge is 2.14. The molecule has 0 aliphatic heterocycles. The molecule has 0 amide bonds. The maximum atomic E-state index is 10.9. The minimum Gasteiger partial charge on any atom is -0.223 e. The second-order valence-corrected chi connectivity index (χ2v) is 5.98. The van der Waals surface area contributed by atoms with E-state index in [1.54, 1.807) is 0 Å². The number of nitrogens with two attached hydrogens (primary N) is 1. The van der Waals surface area contributed by atoms with Crippen LogP contribution >= 0.6 is 11.3 Å². The van der Waals surface area contributed by atoms with E-state index in [4.69, 9.17) is 5.14 Å². The van der Waals surface area contributed by atoms with Crippen molar-refractivity contribution in [2.75, 3.05) is 0 Å². The van der Waals surface area contributed by atoms with E-state index < -0.39 is 10.0 Å². The highest BCUT2D eigenvalue weighted by Crippen LogP contribution is 2.18. The van der Waals surface area contributed by atoms with Gasteiger partial charge in [-0.15, -0.1) is 10.2 Å². The summed E-state index contributed by atoms with van der Waals surface area (Å²) in [6, 6.07) is 0. The average Bonchev–Trinajstić information content (AvgIpc) is 2.52. The van der Waals surface area contributed by atoms with E-state index in [2.05, 4.69) is 23.7 Å². The number of hydrogen-bond acceptors (Lipinski definition) is 5. The quantitative estimate of drug-likeness (QED) is 0.789. The SMILES string of the molecule is C=C(CCC)Cc1nnc(S(N)(=O)=O)s1. The lowest BCUT2D eigenvalue weighted by Crippen LogP contribution is -2.11. The van der Waals surface area contributed by atoms with E-state index in [1.165, 1.54) is 0 Å². The van der Waals surface area contributed by atoms with Gasteiger partial charge in [0.25, 0.3) is 10.0 Å². The van der Waals surface area contributed by atoms with Crippen molar-refractivity contribution in [3.05, 3.63) is 17.2 Å². The lowest BCUT2D eigenvalue weighted by atomic mass is 10.1. The minimum absolute atomic E-state index is 0.137. The van der Waals surface area contributed by atoms with Gasteiger partial charge in [-0.3, -0.25) is 0 Å². The maximum Gasteiger partial charge on any atom is 0.267 e. The molecule has 0 fully saturated rings. The van der Waals surface area contributed by atoms with Gasteiger partial charge in [-0.25, -0.2) is 13.6 Å². The molecule has 0 aromatic carbocycles. The van der Waals surface area contributed by atoms with E-state index in [9.17, 15) is 8.42 Å². The fourth-order valence-electron chi connectivity index (χ4n) is 1.08. The first-order valence-corrected chi connectivity index (χ1v) is 6.81. The zero-order chi connectivity index (χ0) is 11.5. The molecule has 0 atom stereocenters. The van der Waals surface area contributed by atoms with Crippen LogP contribution in [0.25, 0.3) is 0 Å². The lowest BCUT2D eigenvalue weighted by molar-refractivity contribution is 0.595. The van der Waals surface area contributed by atoms with E-state index in [0.29, 0.717) is 11.4 Å². The normalized spacial score (nSPS) is 11.6. The molecule has 1 heterocycles. The first kappa shape index (κ1) is 12.3. The molecule has 0 spiro atoms. The van der Waals surface area contributed by atoms with Crippen molar-refractivity contribution >= 4 is 21.4 Å². The summed E-state index contributed by atoms with van der Waals surface area (Å²) in [5.74, 6) is 0. The van der Waals surface area contributed by atoms with Gasteiger partial charge in [0.15, 0.2) is 0 Å². The molecule has 0 aliphatic rings. The Bertz CT molecular complexity index is 450. The molecular formula is C8H13N3O2S2. The third kappa shape index (κ3) is 3.69. The zero-order valence-electron chi connectivity index (χ0n) is 8.43. The average molecular weight is 247 g/mol. The Labute approximate surface area is 93.1 Å². The van der Waals surface area contributed by atoms with Gasteiger partial charge < -0.3 is 0 Å². The van der Waals surface area contributed by atoms with Crippen LogP contribution in [0.5, 0.6) is 0 Å². The summed E-state index contributed by atoms with van der Waals surface area (Å²) in [5, 5.41) is 12.8. The molecule has 5 nitrogen and oxygen atoms in total. The molecule has 0 radical (unpaired) electrons. The molecule has 0 unspecified atom stereocenters. The third-order valence-electron chi connectivity index (χ3n) is 1.70. The number of sulfonamides is 1. The fraction of sp³-hybridized carbons (Fsp3) is 0.500. The molecule has 0 saturated carbocycles. The monoisotopic (exact) mass is 247 g/mol. The molecule has 84 valence electrons.